The summed E-state index contributed by atoms with van der Waals surface area (Å²) in [4.78, 5) is 0. The average molecular weight is 171 g/mol. The molecular formula is C10H20P+. The van der Waals surface area contributed by atoms with E-state index in [9.17, 15) is 0 Å². The Hall–Kier alpha value is -0.0900. The molecule has 0 aromatic heterocycles. The van der Waals surface area contributed by atoms with Crippen molar-refractivity contribution in [3.05, 3.63) is 25.3 Å². The molecule has 0 aromatic carbocycles. The van der Waals surface area contributed by atoms with Crippen molar-refractivity contribution in [1.29, 1.82) is 0 Å². The average Bonchev–Trinajstić information content (AvgIpc) is 2.04. The molecule has 0 unspecified atom stereocenters. The van der Waals surface area contributed by atoms with E-state index >= 15 is 0 Å². The summed E-state index contributed by atoms with van der Waals surface area (Å²) in [7, 11) is -0.694. The fourth-order valence-corrected chi connectivity index (χ4v) is 4.09. The van der Waals surface area contributed by atoms with Gasteiger partial charge in [-0.25, -0.2) is 0 Å². The lowest BCUT2D eigenvalue weighted by Gasteiger charge is -2.21. The summed E-state index contributed by atoms with van der Waals surface area (Å²) >= 11 is 0. The lowest BCUT2D eigenvalue weighted by atomic mass is 10.7. The highest BCUT2D eigenvalue weighted by Gasteiger charge is 2.29. The van der Waals surface area contributed by atoms with Gasteiger partial charge in [0.25, 0.3) is 0 Å². The van der Waals surface area contributed by atoms with Crippen LogP contribution in [0, 0.1) is 0 Å². The van der Waals surface area contributed by atoms with Gasteiger partial charge in [-0.1, -0.05) is 25.3 Å². The first-order valence-electron chi connectivity index (χ1n) is 4.31. The molecule has 0 saturated carbocycles. The van der Waals surface area contributed by atoms with E-state index in [1.807, 2.05) is 0 Å². The van der Waals surface area contributed by atoms with E-state index in [4.69, 9.17) is 0 Å². The fourth-order valence-electron chi connectivity index (χ4n) is 1.36. The Bertz CT molecular complexity index is 111. The third kappa shape index (κ3) is 3.20. The molecule has 11 heavy (non-hydrogen) atoms. The summed E-state index contributed by atoms with van der Waals surface area (Å²) in [6, 6.07) is 0. The Kier molecular flexibility index (Phi) is 5.50. The summed E-state index contributed by atoms with van der Waals surface area (Å²) in [5.41, 5.74) is 0. The molecule has 0 aromatic rings. The van der Waals surface area contributed by atoms with E-state index in [0.717, 1.165) is 0 Å². The molecule has 0 heterocycles. The number of hydrogen-bond donors (Lipinski definition) is 0. The maximum absolute atomic E-state index is 3.82. The van der Waals surface area contributed by atoms with Gasteiger partial charge in [0.2, 0.25) is 0 Å². The van der Waals surface area contributed by atoms with Gasteiger partial charge in [-0.15, -0.1) is 0 Å². The Morgan fingerprint density at radius 2 is 1.36 bits per heavy atom. The zero-order chi connectivity index (χ0) is 8.74. The standard InChI is InChI=1S/C10H20P/c1-5-9-11(7-3,8-4)10-6-2/h5-6H,1-2,7-10H2,3-4H3/q+1. The van der Waals surface area contributed by atoms with Gasteiger partial charge >= 0.3 is 0 Å². The molecule has 0 nitrogen and oxygen atoms in total. The van der Waals surface area contributed by atoms with E-state index in [1.54, 1.807) is 0 Å². The molecule has 1 heteroatoms. The molecule has 0 aliphatic rings. The van der Waals surface area contributed by atoms with Gasteiger partial charge in [-0.3, -0.25) is 0 Å². The molecule has 0 rings (SSSR count). The van der Waals surface area contributed by atoms with Crippen molar-refractivity contribution in [2.24, 2.45) is 0 Å². The van der Waals surface area contributed by atoms with Crippen molar-refractivity contribution in [2.45, 2.75) is 13.8 Å². The van der Waals surface area contributed by atoms with Gasteiger partial charge in [0.15, 0.2) is 0 Å². The van der Waals surface area contributed by atoms with E-state index in [0.29, 0.717) is 0 Å². The second-order valence-electron chi connectivity index (χ2n) is 2.92. The second-order valence-corrected chi connectivity index (χ2v) is 7.60. The van der Waals surface area contributed by atoms with Gasteiger partial charge in [-0.05, 0) is 13.8 Å². The highest BCUT2D eigenvalue weighted by atomic mass is 31.2. The summed E-state index contributed by atoms with van der Waals surface area (Å²) in [5.74, 6) is 0. The molecule has 0 aliphatic carbocycles. The molecule has 0 atom stereocenters. The molecule has 64 valence electrons. The van der Waals surface area contributed by atoms with Crippen molar-refractivity contribution < 1.29 is 0 Å². The minimum atomic E-state index is -0.694. The normalized spacial score (nSPS) is 11.1. The molecular weight excluding hydrogens is 151 g/mol. The van der Waals surface area contributed by atoms with Crippen LogP contribution in [0.5, 0.6) is 0 Å². The molecule has 0 N–H and O–H groups in total. The Balaban J connectivity index is 4.17. The van der Waals surface area contributed by atoms with E-state index in [1.165, 1.54) is 24.6 Å². The van der Waals surface area contributed by atoms with Crippen molar-refractivity contribution in [1.82, 2.24) is 0 Å². The minimum absolute atomic E-state index is 0.694. The molecule has 0 spiro atoms. The van der Waals surface area contributed by atoms with Crippen molar-refractivity contribution >= 4 is 7.26 Å². The van der Waals surface area contributed by atoms with Gasteiger partial charge in [0.1, 0.15) is 0 Å². The molecule has 0 bridgehead atoms. The summed E-state index contributed by atoms with van der Waals surface area (Å²) < 4.78 is 0. The van der Waals surface area contributed by atoms with Crippen LogP contribution < -0.4 is 0 Å². The molecule has 0 fully saturated rings. The second kappa shape index (κ2) is 5.55. The van der Waals surface area contributed by atoms with Gasteiger partial charge in [0, 0.05) is 7.26 Å². The Labute approximate surface area is 71.7 Å². The molecule has 0 saturated heterocycles. The minimum Gasteiger partial charge on any atom is -0.0995 e. The van der Waals surface area contributed by atoms with Crippen LogP contribution in [0.3, 0.4) is 0 Å². The number of rotatable bonds is 6. The number of allylic oxidation sites excluding steroid dienone is 2. The van der Waals surface area contributed by atoms with Crippen LogP contribution in [-0.4, -0.2) is 24.6 Å². The van der Waals surface area contributed by atoms with Crippen molar-refractivity contribution in [3.63, 3.8) is 0 Å². The highest BCUT2D eigenvalue weighted by Crippen LogP contribution is 2.57. The predicted octanol–water partition coefficient (Wildman–Crippen LogP) is 3.42. The third-order valence-electron chi connectivity index (χ3n) is 2.37. The van der Waals surface area contributed by atoms with Gasteiger partial charge < -0.3 is 0 Å². The van der Waals surface area contributed by atoms with Gasteiger partial charge in [0.05, 0.1) is 24.6 Å². The van der Waals surface area contributed by atoms with Crippen LogP contribution in [-0.2, 0) is 0 Å². The number of hydrogen-bond acceptors (Lipinski definition) is 0. The summed E-state index contributed by atoms with van der Waals surface area (Å²) in [6.07, 6.45) is 9.27. The summed E-state index contributed by atoms with van der Waals surface area (Å²) in [5, 5.41) is 0. The van der Waals surface area contributed by atoms with Gasteiger partial charge in [-0.2, -0.15) is 0 Å². The van der Waals surface area contributed by atoms with Crippen LogP contribution in [0.4, 0.5) is 0 Å². The first kappa shape index (κ1) is 10.9. The monoisotopic (exact) mass is 171 g/mol. The fraction of sp³-hybridized carbons (Fsp3) is 0.600. The molecule has 0 radical (unpaired) electrons. The maximum atomic E-state index is 3.82. The summed E-state index contributed by atoms with van der Waals surface area (Å²) in [6.45, 7) is 12.2. The van der Waals surface area contributed by atoms with Crippen molar-refractivity contribution in [3.8, 4) is 0 Å². The lowest BCUT2D eigenvalue weighted by molar-refractivity contribution is 1.32. The smallest absolute Gasteiger partial charge is 0.0773 e. The first-order chi connectivity index (χ1) is 5.24. The Morgan fingerprint density at radius 3 is 1.55 bits per heavy atom. The van der Waals surface area contributed by atoms with Crippen LogP contribution in [0.15, 0.2) is 25.3 Å². The van der Waals surface area contributed by atoms with Crippen LogP contribution in [0.25, 0.3) is 0 Å². The largest absolute Gasteiger partial charge is 0.0995 e. The predicted molar refractivity (Wildman–Crippen MR) is 58.1 cm³/mol. The van der Waals surface area contributed by atoms with Crippen LogP contribution >= 0.6 is 7.26 Å². The topological polar surface area (TPSA) is 0 Å². The zero-order valence-corrected chi connectivity index (χ0v) is 8.74. The van der Waals surface area contributed by atoms with E-state index in [-0.39, 0.29) is 0 Å². The van der Waals surface area contributed by atoms with Crippen molar-refractivity contribution in [2.75, 3.05) is 24.6 Å². The first-order valence-corrected chi connectivity index (χ1v) is 6.84. The SMILES string of the molecule is C=CC[P+](CC)(CC)CC=C. The molecule has 0 aliphatic heterocycles. The third-order valence-corrected chi connectivity index (χ3v) is 7.12. The molecule has 0 amide bonds. The Morgan fingerprint density at radius 1 is 1.00 bits per heavy atom. The highest BCUT2D eigenvalue weighted by molar-refractivity contribution is 7.76. The lowest BCUT2D eigenvalue weighted by Crippen LogP contribution is -2.05. The quantitative estimate of drug-likeness (QED) is 0.424. The van der Waals surface area contributed by atoms with Crippen LogP contribution in [0.1, 0.15) is 13.8 Å². The van der Waals surface area contributed by atoms with E-state index < -0.39 is 7.26 Å². The zero-order valence-electron chi connectivity index (χ0n) is 7.84. The maximum Gasteiger partial charge on any atom is 0.0773 e. The van der Waals surface area contributed by atoms with E-state index in [2.05, 4.69) is 39.2 Å². The van der Waals surface area contributed by atoms with Crippen LogP contribution in [0.2, 0.25) is 0 Å².